The number of benzene rings is 1. The highest BCUT2D eigenvalue weighted by Gasteiger charge is 2.05. The predicted octanol–water partition coefficient (Wildman–Crippen LogP) is 1.67. The van der Waals surface area contributed by atoms with Crippen molar-refractivity contribution in [1.82, 2.24) is 5.32 Å². The third kappa shape index (κ3) is 1.71. The van der Waals surface area contributed by atoms with Crippen LogP contribution in [0.3, 0.4) is 0 Å². The third-order valence-corrected chi connectivity index (χ3v) is 1.84. The number of phenolic OH excluding ortho intramolecular Hbond substituents is 1. The first kappa shape index (κ1) is 8.08. The lowest BCUT2D eigenvalue weighted by atomic mass is 10.1. The zero-order valence-corrected chi connectivity index (χ0v) is 6.83. The molecule has 1 aromatic rings. The molecule has 0 aliphatic carbocycles. The van der Waals surface area contributed by atoms with Crippen LogP contribution in [0.15, 0.2) is 24.3 Å². The number of hydrogen-bond acceptors (Lipinski definition) is 2. The van der Waals surface area contributed by atoms with Crippen LogP contribution in [0.25, 0.3) is 0 Å². The second-order valence-corrected chi connectivity index (χ2v) is 2.57. The summed E-state index contributed by atoms with van der Waals surface area (Å²) in [6.07, 6.45) is 0. The molecule has 2 heteroatoms. The van der Waals surface area contributed by atoms with Gasteiger partial charge in [-0.1, -0.05) is 18.2 Å². The van der Waals surface area contributed by atoms with E-state index < -0.39 is 0 Å². The van der Waals surface area contributed by atoms with Crippen LogP contribution in [0.1, 0.15) is 18.5 Å². The molecule has 0 amide bonds. The predicted molar refractivity (Wildman–Crippen MR) is 45.6 cm³/mol. The summed E-state index contributed by atoms with van der Waals surface area (Å²) in [5.41, 5.74) is 0.940. The molecule has 0 aliphatic rings. The third-order valence-electron chi connectivity index (χ3n) is 1.84. The molecule has 0 bridgehead atoms. The van der Waals surface area contributed by atoms with E-state index in [0.717, 1.165) is 5.56 Å². The molecule has 0 aliphatic heterocycles. The molecule has 1 rings (SSSR count). The quantitative estimate of drug-likeness (QED) is 0.674. The van der Waals surface area contributed by atoms with Crippen molar-refractivity contribution in [3.8, 4) is 5.75 Å². The molecular weight excluding hydrogens is 138 g/mol. The van der Waals surface area contributed by atoms with Crippen molar-refractivity contribution in [2.45, 2.75) is 13.0 Å². The lowest BCUT2D eigenvalue weighted by Crippen LogP contribution is -2.12. The van der Waals surface area contributed by atoms with E-state index in [1.807, 2.05) is 32.2 Å². The van der Waals surface area contributed by atoms with Crippen LogP contribution in [-0.2, 0) is 0 Å². The Bertz CT molecular complexity index is 235. The summed E-state index contributed by atoms with van der Waals surface area (Å²) in [4.78, 5) is 0. The minimum absolute atomic E-state index is 0.205. The highest BCUT2D eigenvalue weighted by molar-refractivity contribution is 5.33. The molecule has 0 spiro atoms. The van der Waals surface area contributed by atoms with E-state index in [4.69, 9.17) is 0 Å². The molecule has 0 radical (unpaired) electrons. The van der Waals surface area contributed by atoms with Gasteiger partial charge in [-0.15, -0.1) is 0 Å². The van der Waals surface area contributed by atoms with Crippen LogP contribution >= 0.6 is 0 Å². The molecule has 60 valence electrons. The number of para-hydroxylation sites is 1. The summed E-state index contributed by atoms with van der Waals surface area (Å²) in [7, 11) is 1.87. The first-order valence-corrected chi connectivity index (χ1v) is 3.71. The lowest BCUT2D eigenvalue weighted by Gasteiger charge is -2.11. The average Bonchev–Trinajstić information content (AvgIpc) is 2.04. The van der Waals surface area contributed by atoms with E-state index in [9.17, 15) is 5.11 Å². The number of aromatic hydroxyl groups is 1. The normalized spacial score (nSPS) is 12.9. The Labute approximate surface area is 66.9 Å². The second-order valence-electron chi connectivity index (χ2n) is 2.57. The maximum absolute atomic E-state index is 9.37. The largest absolute Gasteiger partial charge is 0.508 e. The van der Waals surface area contributed by atoms with E-state index in [0.29, 0.717) is 5.75 Å². The second kappa shape index (κ2) is 3.39. The Morgan fingerprint density at radius 2 is 2.00 bits per heavy atom. The van der Waals surface area contributed by atoms with E-state index >= 15 is 0 Å². The number of nitrogens with one attached hydrogen (secondary N) is 1. The standard InChI is InChI=1S/C9H13NO/c1-7(10-2)8-5-3-4-6-9(8)11/h3-7,10-11H,1-2H3/t7-/m1/s1. The Morgan fingerprint density at radius 3 is 2.55 bits per heavy atom. The monoisotopic (exact) mass is 151 g/mol. The van der Waals surface area contributed by atoms with Crippen LogP contribution in [0, 0.1) is 0 Å². The molecule has 2 nitrogen and oxygen atoms in total. The van der Waals surface area contributed by atoms with Gasteiger partial charge in [-0.25, -0.2) is 0 Å². The van der Waals surface area contributed by atoms with Crippen molar-refractivity contribution in [2.75, 3.05) is 7.05 Å². The Morgan fingerprint density at radius 1 is 1.36 bits per heavy atom. The van der Waals surface area contributed by atoms with Gasteiger partial charge in [-0.3, -0.25) is 0 Å². The van der Waals surface area contributed by atoms with Crippen LogP contribution < -0.4 is 5.32 Å². The summed E-state index contributed by atoms with van der Waals surface area (Å²) in [5, 5.41) is 12.4. The summed E-state index contributed by atoms with van der Waals surface area (Å²) in [5.74, 6) is 0.356. The highest BCUT2D eigenvalue weighted by atomic mass is 16.3. The van der Waals surface area contributed by atoms with Crippen molar-refractivity contribution in [3.63, 3.8) is 0 Å². The van der Waals surface area contributed by atoms with Crippen molar-refractivity contribution in [1.29, 1.82) is 0 Å². The molecule has 0 aromatic heterocycles. The summed E-state index contributed by atoms with van der Waals surface area (Å²) >= 11 is 0. The van der Waals surface area contributed by atoms with Gasteiger partial charge in [-0.2, -0.15) is 0 Å². The van der Waals surface area contributed by atoms with Gasteiger partial charge >= 0.3 is 0 Å². The van der Waals surface area contributed by atoms with Gasteiger partial charge in [0.1, 0.15) is 5.75 Å². The van der Waals surface area contributed by atoms with E-state index in [-0.39, 0.29) is 6.04 Å². The average molecular weight is 151 g/mol. The van der Waals surface area contributed by atoms with E-state index in [1.165, 1.54) is 0 Å². The molecule has 1 atom stereocenters. The van der Waals surface area contributed by atoms with Gasteiger partial charge in [0, 0.05) is 11.6 Å². The first-order valence-electron chi connectivity index (χ1n) is 3.71. The highest BCUT2D eigenvalue weighted by Crippen LogP contribution is 2.22. The van der Waals surface area contributed by atoms with Crippen molar-refractivity contribution >= 4 is 0 Å². The van der Waals surface area contributed by atoms with Crippen molar-refractivity contribution in [2.24, 2.45) is 0 Å². The Balaban J connectivity index is 2.93. The fourth-order valence-corrected chi connectivity index (χ4v) is 1.01. The van der Waals surface area contributed by atoms with Crippen LogP contribution in [0.4, 0.5) is 0 Å². The van der Waals surface area contributed by atoms with Gasteiger partial charge in [0.05, 0.1) is 0 Å². The summed E-state index contributed by atoms with van der Waals surface area (Å²) < 4.78 is 0. The molecular formula is C9H13NO. The van der Waals surface area contributed by atoms with Gasteiger partial charge in [-0.05, 0) is 20.0 Å². The minimum atomic E-state index is 0.205. The van der Waals surface area contributed by atoms with E-state index in [1.54, 1.807) is 6.07 Å². The molecule has 0 fully saturated rings. The smallest absolute Gasteiger partial charge is 0.120 e. The molecule has 0 saturated carbocycles. The number of phenols is 1. The molecule has 2 N–H and O–H groups in total. The lowest BCUT2D eigenvalue weighted by molar-refractivity contribution is 0.458. The van der Waals surface area contributed by atoms with Gasteiger partial charge in [0.25, 0.3) is 0 Å². The van der Waals surface area contributed by atoms with Gasteiger partial charge in [0.15, 0.2) is 0 Å². The van der Waals surface area contributed by atoms with Gasteiger partial charge < -0.3 is 10.4 Å². The maximum atomic E-state index is 9.37. The molecule has 0 heterocycles. The molecule has 0 saturated heterocycles. The molecule has 11 heavy (non-hydrogen) atoms. The molecule has 1 aromatic carbocycles. The SMILES string of the molecule is CN[C@H](C)c1ccccc1O. The Hall–Kier alpha value is -1.02. The summed E-state index contributed by atoms with van der Waals surface area (Å²) in [6.45, 7) is 2.01. The Kier molecular flexibility index (Phi) is 2.49. The maximum Gasteiger partial charge on any atom is 0.120 e. The van der Waals surface area contributed by atoms with Crippen molar-refractivity contribution < 1.29 is 5.11 Å². The van der Waals surface area contributed by atoms with Crippen molar-refractivity contribution in [3.05, 3.63) is 29.8 Å². The van der Waals surface area contributed by atoms with E-state index in [2.05, 4.69) is 5.32 Å². The topological polar surface area (TPSA) is 32.3 Å². The zero-order valence-electron chi connectivity index (χ0n) is 6.83. The number of hydrogen-bond donors (Lipinski definition) is 2. The van der Waals surface area contributed by atoms with Crippen LogP contribution in [0.5, 0.6) is 5.75 Å². The van der Waals surface area contributed by atoms with Crippen LogP contribution in [-0.4, -0.2) is 12.2 Å². The van der Waals surface area contributed by atoms with Gasteiger partial charge in [0.2, 0.25) is 0 Å². The fraction of sp³-hybridized carbons (Fsp3) is 0.333. The zero-order chi connectivity index (χ0) is 8.27. The molecule has 0 unspecified atom stereocenters. The minimum Gasteiger partial charge on any atom is -0.508 e. The first-order chi connectivity index (χ1) is 5.25. The fourth-order valence-electron chi connectivity index (χ4n) is 1.01. The summed E-state index contributed by atoms with van der Waals surface area (Å²) in [6, 6.07) is 7.56. The number of rotatable bonds is 2. The van der Waals surface area contributed by atoms with Crippen LogP contribution in [0.2, 0.25) is 0 Å².